The molecular formula is C21H19ClN2O3S. The summed E-state index contributed by atoms with van der Waals surface area (Å²) < 4.78 is 11.0. The Morgan fingerprint density at radius 3 is 2.64 bits per heavy atom. The average molecular weight is 415 g/mol. The zero-order valence-corrected chi connectivity index (χ0v) is 17.1. The van der Waals surface area contributed by atoms with Gasteiger partial charge in [-0.15, -0.1) is 11.3 Å². The van der Waals surface area contributed by atoms with Gasteiger partial charge in [-0.05, 0) is 53.3 Å². The van der Waals surface area contributed by atoms with Crippen LogP contribution in [0, 0.1) is 0 Å². The summed E-state index contributed by atoms with van der Waals surface area (Å²) >= 11 is 7.51. The highest BCUT2D eigenvalue weighted by Crippen LogP contribution is 2.42. The monoisotopic (exact) mass is 414 g/mol. The number of hydrogen-bond donors (Lipinski definition) is 0. The molecule has 0 bridgehead atoms. The third kappa shape index (κ3) is 3.34. The molecule has 0 radical (unpaired) electrons. The van der Waals surface area contributed by atoms with Crippen LogP contribution in [0.5, 0.6) is 11.5 Å². The number of nitrogens with zero attached hydrogens (tertiary/aromatic N) is 2. The van der Waals surface area contributed by atoms with E-state index in [-0.39, 0.29) is 11.9 Å². The highest BCUT2D eigenvalue weighted by molar-refractivity contribution is 7.10. The SMILES string of the molecule is COc1cc2c(cc1OC)[C@H](c1cccs1)N(C(=O)c1ccc(Cl)nc1)CC2. The van der Waals surface area contributed by atoms with Crippen LogP contribution in [0.25, 0.3) is 0 Å². The van der Waals surface area contributed by atoms with Crippen LogP contribution in [-0.2, 0) is 6.42 Å². The van der Waals surface area contributed by atoms with Crippen LogP contribution in [0.3, 0.4) is 0 Å². The topological polar surface area (TPSA) is 51.7 Å². The molecule has 0 spiro atoms. The second kappa shape index (κ2) is 7.81. The number of amides is 1. The minimum atomic E-state index is -0.188. The molecular weight excluding hydrogens is 396 g/mol. The van der Waals surface area contributed by atoms with Crippen molar-refractivity contribution in [1.29, 1.82) is 0 Å². The van der Waals surface area contributed by atoms with E-state index >= 15 is 0 Å². The molecule has 144 valence electrons. The second-order valence-corrected chi connectivity index (χ2v) is 7.81. The van der Waals surface area contributed by atoms with Gasteiger partial charge in [-0.25, -0.2) is 4.98 Å². The maximum absolute atomic E-state index is 13.3. The van der Waals surface area contributed by atoms with Crippen molar-refractivity contribution in [2.75, 3.05) is 20.8 Å². The van der Waals surface area contributed by atoms with Crippen molar-refractivity contribution in [3.63, 3.8) is 0 Å². The summed E-state index contributed by atoms with van der Waals surface area (Å²) in [5.41, 5.74) is 2.74. The van der Waals surface area contributed by atoms with Crippen molar-refractivity contribution >= 4 is 28.8 Å². The Kier molecular flexibility index (Phi) is 5.24. The van der Waals surface area contributed by atoms with Crippen LogP contribution in [0.1, 0.15) is 32.4 Å². The number of hydrogen-bond acceptors (Lipinski definition) is 5. The normalized spacial score (nSPS) is 15.8. The van der Waals surface area contributed by atoms with Crippen molar-refractivity contribution in [3.8, 4) is 11.5 Å². The quantitative estimate of drug-likeness (QED) is 0.585. The summed E-state index contributed by atoms with van der Waals surface area (Å²) in [6.07, 6.45) is 2.27. The van der Waals surface area contributed by atoms with E-state index in [1.807, 2.05) is 28.5 Å². The number of ether oxygens (including phenoxy) is 2. The molecule has 3 aromatic rings. The first-order valence-electron chi connectivity index (χ1n) is 8.83. The molecule has 1 amide bonds. The average Bonchev–Trinajstić information content (AvgIpc) is 3.26. The molecule has 0 N–H and O–H groups in total. The predicted molar refractivity (Wildman–Crippen MR) is 110 cm³/mol. The molecule has 0 aliphatic carbocycles. The number of rotatable bonds is 4. The fourth-order valence-corrected chi connectivity index (χ4v) is 4.55. The standard InChI is InChI=1S/C21H19ClN2O3S/c1-26-16-10-13-7-8-24(21(25)14-5-6-19(22)23-12-14)20(18-4-3-9-28-18)15(13)11-17(16)27-2/h3-6,9-12,20H,7-8H2,1-2H3/t20-/m1/s1. The lowest BCUT2D eigenvalue weighted by Crippen LogP contribution is -2.40. The second-order valence-electron chi connectivity index (χ2n) is 6.44. The highest BCUT2D eigenvalue weighted by Gasteiger charge is 2.34. The number of fused-ring (bicyclic) bond motifs is 1. The van der Waals surface area contributed by atoms with Gasteiger partial charge in [0.1, 0.15) is 5.15 Å². The van der Waals surface area contributed by atoms with Crippen LogP contribution >= 0.6 is 22.9 Å². The maximum atomic E-state index is 13.3. The molecule has 5 nitrogen and oxygen atoms in total. The van der Waals surface area contributed by atoms with Crippen molar-refractivity contribution in [2.45, 2.75) is 12.5 Å². The molecule has 3 heterocycles. The first-order chi connectivity index (χ1) is 13.6. The molecule has 0 saturated heterocycles. The Bertz CT molecular complexity index is 990. The number of carbonyl (C=O) groups is 1. The largest absolute Gasteiger partial charge is 0.493 e. The van der Waals surface area contributed by atoms with Crippen LogP contribution < -0.4 is 9.47 Å². The fourth-order valence-electron chi connectivity index (χ4n) is 3.59. The Morgan fingerprint density at radius 1 is 1.21 bits per heavy atom. The lowest BCUT2D eigenvalue weighted by molar-refractivity contribution is 0.0696. The lowest BCUT2D eigenvalue weighted by Gasteiger charge is -2.37. The summed E-state index contributed by atoms with van der Waals surface area (Å²) in [6, 6.07) is 11.2. The Balaban J connectivity index is 1.81. The number of halogens is 1. The molecule has 28 heavy (non-hydrogen) atoms. The van der Waals surface area contributed by atoms with E-state index < -0.39 is 0 Å². The van der Waals surface area contributed by atoms with Crippen LogP contribution in [-0.4, -0.2) is 36.6 Å². The van der Waals surface area contributed by atoms with Gasteiger partial charge in [-0.2, -0.15) is 0 Å². The third-order valence-electron chi connectivity index (χ3n) is 4.92. The molecule has 0 saturated carbocycles. The van der Waals surface area contributed by atoms with Crippen molar-refractivity contribution < 1.29 is 14.3 Å². The minimum Gasteiger partial charge on any atom is -0.493 e. The zero-order chi connectivity index (χ0) is 19.7. The Labute approximate surface area is 172 Å². The fraction of sp³-hybridized carbons (Fsp3) is 0.238. The summed E-state index contributed by atoms with van der Waals surface area (Å²) in [4.78, 5) is 20.4. The van der Waals surface area contributed by atoms with E-state index in [0.29, 0.717) is 28.8 Å². The highest BCUT2D eigenvalue weighted by atomic mass is 35.5. The number of pyridine rings is 1. The molecule has 4 rings (SSSR count). The number of aromatic nitrogens is 1. The van der Waals surface area contributed by atoms with E-state index in [2.05, 4.69) is 11.1 Å². The minimum absolute atomic E-state index is 0.0667. The third-order valence-corrected chi connectivity index (χ3v) is 6.07. The Morgan fingerprint density at radius 2 is 2.00 bits per heavy atom. The van der Waals surface area contributed by atoms with Gasteiger partial charge < -0.3 is 14.4 Å². The number of carbonyl (C=O) groups excluding carboxylic acids is 1. The van der Waals surface area contributed by atoms with E-state index in [4.69, 9.17) is 21.1 Å². The first kappa shape index (κ1) is 18.8. The van der Waals surface area contributed by atoms with Gasteiger partial charge in [0.15, 0.2) is 11.5 Å². The molecule has 1 aliphatic rings. The number of thiophene rings is 1. The van der Waals surface area contributed by atoms with Crippen molar-refractivity contribution in [2.24, 2.45) is 0 Å². The van der Waals surface area contributed by atoms with Gasteiger partial charge in [-0.3, -0.25) is 4.79 Å². The van der Waals surface area contributed by atoms with E-state index in [9.17, 15) is 4.79 Å². The number of methoxy groups -OCH3 is 2. The predicted octanol–water partition coefficient (Wildman–Crippen LogP) is 4.60. The molecule has 0 unspecified atom stereocenters. The van der Waals surface area contributed by atoms with Gasteiger partial charge in [0.2, 0.25) is 0 Å². The van der Waals surface area contributed by atoms with Gasteiger partial charge >= 0.3 is 0 Å². The molecule has 1 aliphatic heterocycles. The van der Waals surface area contributed by atoms with Gasteiger partial charge in [0.25, 0.3) is 5.91 Å². The molecule has 1 atom stereocenters. The summed E-state index contributed by atoms with van der Waals surface area (Å²) in [5, 5.41) is 2.39. The van der Waals surface area contributed by atoms with Crippen LogP contribution in [0.2, 0.25) is 5.15 Å². The smallest absolute Gasteiger partial charge is 0.256 e. The van der Waals surface area contributed by atoms with Gasteiger partial charge in [0.05, 0.1) is 25.8 Å². The lowest BCUT2D eigenvalue weighted by atomic mass is 9.90. The van der Waals surface area contributed by atoms with Gasteiger partial charge in [0, 0.05) is 17.6 Å². The summed E-state index contributed by atoms with van der Waals surface area (Å²) in [5.74, 6) is 1.29. The Hall–Kier alpha value is -2.57. The number of benzene rings is 1. The molecule has 7 heteroatoms. The molecule has 2 aromatic heterocycles. The maximum Gasteiger partial charge on any atom is 0.256 e. The van der Waals surface area contributed by atoms with Crippen LogP contribution in [0.15, 0.2) is 48.0 Å². The zero-order valence-electron chi connectivity index (χ0n) is 15.5. The molecule has 0 fully saturated rings. The van der Waals surface area contributed by atoms with Crippen molar-refractivity contribution in [1.82, 2.24) is 9.88 Å². The summed E-state index contributed by atoms with van der Waals surface area (Å²) in [7, 11) is 3.25. The van der Waals surface area contributed by atoms with E-state index in [1.54, 1.807) is 37.7 Å². The van der Waals surface area contributed by atoms with Gasteiger partial charge in [-0.1, -0.05) is 17.7 Å². The van der Waals surface area contributed by atoms with Crippen LogP contribution in [0.4, 0.5) is 0 Å². The molecule has 1 aromatic carbocycles. The summed E-state index contributed by atoms with van der Waals surface area (Å²) in [6.45, 7) is 0.604. The van der Waals surface area contributed by atoms with Crippen molar-refractivity contribution in [3.05, 3.63) is 74.7 Å². The van der Waals surface area contributed by atoms with E-state index in [0.717, 1.165) is 22.4 Å². The first-order valence-corrected chi connectivity index (χ1v) is 10.1. The van der Waals surface area contributed by atoms with E-state index in [1.165, 1.54) is 6.20 Å².